The quantitative estimate of drug-likeness (QED) is 0.259. The van der Waals surface area contributed by atoms with Gasteiger partial charge in [0.05, 0.1) is 31.9 Å². The molecule has 5 heterocycles. The van der Waals surface area contributed by atoms with Crippen LogP contribution in [-0.2, 0) is 14.3 Å². The van der Waals surface area contributed by atoms with Crippen LogP contribution in [0.5, 0.6) is 0 Å². The van der Waals surface area contributed by atoms with Gasteiger partial charge >= 0.3 is 0 Å². The molecule has 5 aliphatic rings. The first-order chi connectivity index (χ1) is 17.6. The molecule has 210 valence electrons. The highest BCUT2D eigenvalue weighted by molar-refractivity contribution is 5.81. The van der Waals surface area contributed by atoms with E-state index in [1.807, 2.05) is 0 Å². The number of halogens is 1. The number of carbonyl (C=O) groups is 2. The maximum Gasteiger partial charge on any atom is 0.252 e. The van der Waals surface area contributed by atoms with Gasteiger partial charge in [0.15, 0.2) is 0 Å². The molecule has 0 aromatic rings. The number of piperidine rings is 2. The van der Waals surface area contributed by atoms with E-state index in [0.717, 1.165) is 58.3 Å². The average molecular weight is 525 g/mol. The summed E-state index contributed by atoms with van der Waals surface area (Å²) in [5, 5.41) is 6.74. The summed E-state index contributed by atoms with van der Waals surface area (Å²) in [6.45, 7) is 5.57. The third-order valence-electron chi connectivity index (χ3n) is 10.1. The van der Waals surface area contributed by atoms with Crippen molar-refractivity contribution in [3.8, 4) is 0 Å². The van der Waals surface area contributed by atoms with Crippen molar-refractivity contribution in [3.63, 3.8) is 0 Å². The molecule has 2 amide bonds. The van der Waals surface area contributed by atoms with E-state index in [1.165, 1.54) is 0 Å². The largest absolute Gasteiger partial charge is 0.366 e. The van der Waals surface area contributed by atoms with Crippen LogP contribution in [0, 0.1) is 11.3 Å². The molecule has 0 saturated carbocycles. The highest BCUT2D eigenvalue weighted by atomic mass is 19.1. The summed E-state index contributed by atoms with van der Waals surface area (Å²) in [4.78, 5) is 30.4. The lowest BCUT2D eigenvalue weighted by Gasteiger charge is -2.46. The second kappa shape index (κ2) is 10.7. The molecule has 2 bridgehead atoms. The number of nitrogens with zero attached hydrogens (tertiary/aromatic N) is 3. The van der Waals surface area contributed by atoms with Crippen LogP contribution in [-0.4, -0.2) is 129 Å². The minimum atomic E-state index is -0.833. The smallest absolute Gasteiger partial charge is 0.252 e. The first kappa shape index (κ1) is 27.2. The lowest BCUT2D eigenvalue weighted by Crippen LogP contribution is -2.67. The Kier molecular flexibility index (Phi) is 7.83. The Labute approximate surface area is 220 Å². The third kappa shape index (κ3) is 5.27. The molecule has 6 N–H and O–H groups in total. The monoisotopic (exact) mass is 524 g/mol. The SMILES string of the molecule is CN(C)C(=O)C1CN(C2CCNCC2NC(=O)C(C(N)N)C2CC34CCCC(F)C[N+]2(CC3)C4)CCO1. The van der Waals surface area contributed by atoms with Gasteiger partial charge in [-0.1, -0.05) is 0 Å². The molecule has 5 saturated heterocycles. The Morgan fingerprint density at radius 3 is 2.84 bits per heavy atom. The van der Waals surface area contributed by atoms with E-state index in [4.69, 9.17) is 16.2 Å². The number of hydrogen-bond donors (Lipinski definition) is 4. The van der Waals surface area contributed by atoms with Crippen molar-refractivity contribution in [1.29, 1.82) is 0 Å². The van der Waals surface area contributed by atoms with Crippen LogP contribution in [0.15, 0.2) is 0 Å². The third-order valence-corrected chi connectivity index (χ3v) is 10.1. The molecule has 37 heavy (non-hydrogen) atoms. The fourth-order valence-electron chi connectivity index (χ4n) is 8.34. The van der Waals surface area contributed by atoms with Crippen LogP contribution in [0.25, 0.3) is 0 Å². The molecule has 5 fully saturated rings. The molecule has 10 nitrogen and oxygen atoms in total. The predicted molar refractivity (Wildman–Crippen MR) is 138 cm³/mol. The molecule has 11 heteroatoms. The molecule has 5 aliphatic heterocycles. The van der Waals surface area contributed by atoms with E-state index in [1.54, 1.807) is 19.0 Å². The Morgan fingerprint density at radius 2 is 2.08 bits per heavy atom. The molecule has 5 rings (SSSR count). The fraction of sp³-hybridized carbons (Fsp3) is 0.923. The summed E-state index contributed by atoms with van der Waals surface area (Å²) < 4.78 is 21.3. The number of alkyl halides is 1. The summed E-state index contributed by atoms with van der Waals surface area (Å²) in [5.41, 5.74) is 12.9. The lowest BCUT2D eigenvalue weighted by molar-refractivity contribution is -0.937. The van der Waals surface area contributed by atoms with E-state index in [0.29, 0.717) is 37.1 Å². The van der Waals surface area contributed by atoms with E-state index < -0.39 is 24.4 Å². The van der Waals surface area contributed by atoms with Gasteiger partial charge in [-0.2, -0.15) is 0 Å². The molecule has 0 radical (unpaired) electrons. The first-order valence-electron chi connectivity index (χ1n) is 14.2. The Morgan fingerprint density at radius 1 is 1.27 bits per heavy atom. The van der Waals surface area contributed by atoms with Gasteiger partial charge in [-0.25, -0.2) is 4.39 Å². The molecule has 0 aromatic carbocycles. The van der Waals surface area contributed by atoms with Crippen molar-refractivity contribution in [3.05, 3.63) is 0 Å². The lowest BCUT2D eigenvalue weighted by atomic mass is 9.75. The van der Waals surface area contributed by atoms with Crippen LogP contribution < -0.4 is 22.1 Å². The number of hydrogen-bond acceptors (Lipinski definition) is 7. The molecule has 8 unspecified atom stereocenters. The number of morpholine rings is 1. The van der Waals surface area contributed by atoms with Gasteiger partial charge < -0.3 is 36.2 Å². The van der Waals surface area contributed by atoms with Gasteiger partial charge in [0.25, 0.3) is 5.91 Å². The van der Waals surface area contributed by atoms with Crippen molar-refractivity contribution in [2.75, 3.05) is 66.5 Å². The van der Waals surface area contributed by atoms with Gasteiger partial charge in [0.2, 0.25) is 5.91 Å². The van der Waals surface area contributed by atoms with Crippen molar-refractivity contribution in [2.24, 2.45) is 22.8 Å². The van der Waals surface area contributed by atoms with E-state index in [9.17, 15) is 14.0 Å². The Hall–Kier alpha value is -1.37. The molecule has 0 aliphatic carbocycles. The summed E-state index contributed by atoms with van der Waals surface area (Å²) >= 11 is 0. The Bertz CT molecular complexity index is 862. The molecule has 0 aromatic heterocycles. The zero-order chi connectivity index (χ0) is 26.4. The van der Waals surface area contributed by atoms with Crippen LogP contribution in [0.2, 0.25) is 0 Å². The van der Waals surface area contributed by atoms with E-state index >= 15 is 0 Å². The zero-order valence-electron chi connectivity index (χ0n) is 22.5. The average Bonchev–Trinajstić information content (AvgIpc) is 3.38. The zero-order valence-corrected chi connectivity index (χ0v) is 22.5. The highest BCUT2D eigenvalue weighted by Crippen LogP contribution is 2.55. The van der Waals surface area contributed by atoms with Crippen LogP contribution in [0.1, 0.15) is 38.5 Å². The predicted octanol–water partition coefficient (Wildman–Crippen LogP) is -1.02. The summed E-state index contributed by atoms with van der Waals surface area (Å²) in [6.07, 6.45) is 3.34. The number of amides is 2. The number of ether oxygens (including phenoxy) is 1. The molecule has 8 atom stereocenters. The fourth-order valence-corrected chi connectivity index (χ4v) is 8.34. The summed E-state index contributed by atoms with van der Waals surface area (Å²) in [6, 6.07) is -0.0739. The van der Waals surface area contributed by atoms with Crippen molar-refractivity contribution in [1.82, 2.24) is 20.4 Å². The number of quaternary nitrogens is 1. The summed E-state index contributed by atoms with van der Waals surface area (Å²) in [5.74, 6) is -0.698. The molecular weight excluding hydrogens is 477 g/mol. The van der Waals surface area contributed by atoms with Crippen molar-refractivity contribution >= 4 is 11.8 Å². The second-order valence-electron chi connectivity index (χ2n) is 12.7. The normalized spacial score (nSPS) is 41.2. The van der Waals surface area contributed by atoms with Gasteiger partial charge in [-0.05, 0) is 32.2 Å². The van der Waals surface area contributed by atoms with Crippen LogP contribution in [0.3, 0.4) is 0 Å². The van der Waals surface area contributed by atoms with Crippen molar-refractivity contribution in [2.45, 2.75) is 75.1 Å². The second-order valence-corrected chi connectivity index (χ2v) is 12.7. The molecular formula is C26H47FN7O3+. The van der Waals surface area contributed by atoms with E-state index in [-0.39, 0.29) is 35.4 Å². The van der Waals surface area contributed by atoms with Crippen molar-refractivity contribution < 1.29 is 23.2 Å². The topological polar surface area (TPSA) is 126 Å². The first-order valence-corrected chi connectivity index (χ1v) is 14.2. The summed E-state index contributed by atoms with van der Waals surface area (Å²) in [7, 11) is 3.48. The number of nitrogens with one attached hydrogen (secondary N) is 2. The van der Waals surface area contributed by atoms with Gasteiger partial charge in [0, 0.05) is 58.0 Å². The van der Waals surface area contributed by atoms with Crippen LogP contribution in [0.4, 0.5) is 4.39 Å². The maximum absolute atomic E-state index is 14.9. The minimum Gasteiger partial charge on any atom is -0.366 e. The molecule has 0 spiro atoms. The van der Waals surface area contributed by atoms with Gasteiger partial charge in [0.1, 0.15) is 30.8 Å². The number of rotatable bonds is 6. The van der Waals surface area contributed by atoms with Gasteiger partial charge in [-0.15, -0.1) is 0 Å². The number of likely N-dealkylation sites (N-methyl/N-ethyl adjacent to an activating group) is 1. The Balaban J connectivity index is 1.31. The highest BCUT2D eigenvalue weighted by Gasteiger charge is 2.64. The number of nitrogens with two attached hydrogens (primary N) is 2. The van der Waals surface area contributed by atoms with Gasteiger partial charge in [-0.3, -0.25) is 14.5 Å². The maximum atomic E-state index is 14.9. The minimum absolute atomic E-state index is 0.0365. The van der Waals surface area contributed by atoms with Crippen LogP contribution >= 0.6 is 0 Å². The standard InChI is InChI=1S/C26H46FN7O3/c1-32(2)25(36)21-14-33(9-11-37-21)19-5-8-30-13-18(19)31-24(35)22(23(28)29)20-12-26-6-3-4-17(27)15-34(20,16-26)10-7-26/h17-23,30H,3-16,28-29H2,1-2H3/p+1. The number of carbonyl (C=O) groups excluding carboxylic acids is 2. The van der Waals surface area contributed by atoms with E-state index in [2.05, 4.69) is 15.5 Å².